The fourth-order valence-corrected chi connectivity index (χ4v) is 2.77. The molecule has 0 saturated carbocycles. The summed E-state index contributed by atoms with van der Waals surface area (Å²) in [5.74, 6) is -0.214. The third kappa shape index (κ3) is 3.77. The number of hydrogen-bond acceptors (Lipinski definition) is 4. The molecule has 2 heterocycles. The van der Waals surface area contributed by atoms with Crippen molar-refractivity contribution in [3.63, 3.8) is 0 Å². The second-order valence-corrected chi connectivity index (χ2v) is 5.50. The van der Waals surface area contributed by atoms with Gasteiger partial charge in [-0.05, 0) is 17.7 Å². The molecule has 1 aromatic carbocycles. The number of hydrogen-bond donors (Lipinski definition) is 1. The van der Waals surface area contributed by atoms with E-state index >= 15 is 0 Å². The average Bonchev–Trinajstić information content (AvgIpc) is 2.98. The van der Waals surface area contributed by atoms with Crippen molar-refractivity contribution in [2.45, 2.75) is 19.5 Å². The fourth-order valence-electron chi connectivity index (χ4n) is 2.05. The molecule has 4 nitrogen and oxygen atoms in total. The highest BCUT2D eigenvalue weighted by Crippen LogP contribution is 2.23. The molecular weight excluding hydrogens is 315 g/mol. The van der Waals surface area contributed by atoms with Crippen LogP contribution in [0, 0.1) is 0 Å². The Morgan fingerprint density at radius 2 is 2.14 bits per heavy atom. The summed E-state index contributed by atoms with van der Waals surface area (Å²) in [5, 5.41) is 5.10. The van der Waals surface area contributed by atoms with E-state index in [2.05, 4.69) is 15.0 Å². The number of nitrogens with one attached hydrogen (secondary N) is 1. The number of nitrogens with zero attached hydrogens (tertiary/aromatic N) is 2. The summed E-state index contributed by atoms with van der Waals surface area (Å²) in [5.41, 5.74) is 1.59. The molecule has 0 saturated heterocycles. The van der Waals surface area contributed by atoms with Crippen molar-refractivity contribution >= 4 is 16.3 Å². The third-order valence-corrected chi connectivity index (χ3v) is 3.68. The minimum absolute atomic E-state index is 0.214. The second kappa shape index (κ2) is 5.98. The van der Waals surface area contributed by atoms with Crippen LogP contribution < -0.4 is 10.1 Å². The lowest BCUT2D eigenvalue weighted by atomic mass is 10.2. The Morgan fingerprint density at radius 3 is 2.91 bits per heavy atom. The van der Waals surface area contributed by atoms with Crippen molar-refractivity contribution in [2.24, 2.45) is 0 Å². The molecule has 0 atom stereocenters. The van der Waals surface area contributed by atoms with E-state index in [0.29, 0.717) is 18.7 Å². The van der Waals surface area contributed by atoms with Crippen LogP contribution in [0.3, 0.4) is 0 Å². The predicted octanol–water partition coefficient (Wildman–Crippen LogP) is 3.58. The zero-order chi connectivity index (χ0) is 15.6. The first kappa shape index (κ1) is 14.9. The Hall–Kier alpha value is -2.06. The van der Waals surface area contributed by atoms with E-state index in [1.165, 1.54) is 18.2 Å². The molecule has 3 rings (SSSR count). The van der Waals surface area contributed by atoms with Gasteiger partial charge in [0, 0.05) is 30.9 Å². The molecule has 0 amide bonds. The van der Waals surface area contributed by atoms with E-state index in [1.807, 2.05) is 22.2 Å². The van der Waals surface area contributed by atoms with Crippen LogP contribution in [0.25, 0.3) is 4.96 Å². The van der Waals surface area contributed by atoms with Gasteiger partial charge in [0.1, 0.15) is 5.75 Å². The molecule has 0 aliphatic heterocycles. The lowest BCUT2D eigenvalue weighted by Gasteiger charge is -2.10. The fraction of sp³-hybridized carbons (Fsp3) is 0.214. The molecule has 0 radical (unpaired) electrons. The van der Waals surface area contributed by atoms with Crippen LogP contribution >= 0.6 is 11.3 Å². The first-order chi connectivity index (χ1) is 10.5. The van der Waals surface area contributed by atoms with Crippen molar-refractivity contribution < 1.29 is 17.9 Å². The summed E-state index contributed by atoms with van der Waals surface area (Å²) in [4.78, 5) is 5.33. The molecule has 0 fully saturated rings. The van der Waals surface area contributed by atoms with Crippen LogP contribution in [0.5, 0.6) is 5.75 Å². The van der Waals surface area contributed by atoms with Gasteiger partial charge in [0.15, 0.2) is 4.96 Å². The zero-order valence-electron chi connectivity index (χ0n) is 11.3. The molecule has 0 aliphatic carbocycles. The van der Waals surface area contributed by atoms with Gasteiger partial charge < -0.3 is 10.1 Å². The van der Waals surface area contributed by atoms with Crippen LogP contribution in [-0.2, 0) is 13.1 Å². The first-order valence-corrected chi connectivity index (χ1v) is 7.34. The largest absolute Gasteiger partial charge is 0.573 e. The lowest BCUT2D eigenvalue weighted by Crippen LogP contribution is -2.17. The van der Waals surface area contributed by atoms with Crippen LogP contribution in [0.15, 0.2) is 42.0 Å². The maximum Gasteiger partial charge on any atom is 0.573 e. The van der Waals surface area contributed by atoms with Gasteiger partial charge in [-0.1, -0.05) is 12.1 Å². The Morgan fingerprint density at radius 1 is 1.27 bits per heavy atom. The molecule has 3 aromatic rings. The molecule has 0 bridgehead atoms. The van der Waals surface area contributed by atoms with Crippen molar-refractivity contribution in [3.8, 4) is 5.75 Å². The molecule has 1 N–H and O–H groups in total. The van der Waals surface area contributed by atoms with Gasteiger partial charge >= 0.3 is 6.36 Å². The quantitative estimate of drug-likeness (QED) is 0.778. The molecule has 0 aliphatic rings. The Balaban J connectivity index is 1.57. The first-order valence-electron chi connectivity index (χ1n) is 6.46. The van der Waals surface area contributed by atoms with E-state index in [0.717, 1.165) is 10.7 Å². The number of rotatable bonds is 5. The van der Waals surface area contributed by atoms with Crippen LogP contribution in [0.1, 0.15) is 11.3 Å². The van der Waals surface area contributed by atoms with E-state index < -0.39 is 6.36 Å². The standard InChI is InChI=1S/C14H12F3N3OS/c15-14(16,17)21-12-3-1-2-10(6-12)7-18-8-11-9-20-4-5-22-13(20)19-11/h1-6,9,18H,7-8H2. The van der Waals surface area contributed by atoms with Crippen molar-refractivity contribution in [3.05, 3.63) is 53.3 Å². The second-order valence-electron chi connectivity index (χ2n) is 4.62. The van der Waals surface area contributed by atoms with Crippen molar-refractivity contribution in [1.82, 2.24) is 14.7 Å². The number of alkyl halides is 3. The highest BCUT2D eigenvalue weighted by molar-refractivity contribution is 7.15. The van der Waals surface area contributed by atoms with Gasteiger partial charge in [-0.15, -0.1) is 24.5 Å². The lowest BCUT2D eigenvalue weighted by molar-refractivity contribution is -0.274. The molecule has 2 aromatic heterocycles. The smallest absolute Gasteiger partial charge is 0.406 e. The summed E-state index contributed by atoms with van der Waals surface area (Å²) >= 11 is 1.55. The number of benzene rings is 1. The van der Waals surface area contributed by atoms with Gasteiger partial charge in [-0.3, -0.25) is 4.40 Å². The molecule has 116 valence electrons. The van der Waals surface area contributed by atoms with E-state index in [9.17, 15) is 13.2 Å². The molecule has 8 heteroatoms. The van der Waals surface area contributed by atoms with Gasteiger partial charge in [0.2, 0.25) is 0 Å². The SMILES string of the molecule is FC(F)(F)Oc1cccc(CNCc2cn3ccsc3n2)c1. The highest BCUT2D eigenvalue weighted by atomic mass is 32.1. The normalized spacial score (nSPS) is 12.0. The molecular formula is C14H12F3N3OS. The number of fused-ring (bicyclic) bond motifs is 1. The third-order valence-electron chi connectivity index (χ3n) is 2.91. The van der Waals surface area contributed by atoms with Crippen LogP contribution in [0.4, 0.5) is 13.2 Å². The van der Waals surface area contributed by atoms with Gasteiger partial charge in [0.25, 0.3) is 0 Å². The summed E-state index contributed by atoms with van der Waals surface area (Å²) in [6.07, 6.45) is -0.829. The predicted molar refractivity (Wildman–Crippen MR) is 76.7 cm³/mol. The number of aromatic nitrogens is 2. The topological polar surface area (TPSA) is 38.6 Å². The molecule has 0 spiro atoms. The minimum Gasteiger partial charge on any atom is -0.406 e. The number of ether oxygens (including phenoxy) is 1. The zero-order valence-corrected chi connectivity index (χ0v) is 12.1. The van der Waals surface area contributed by atoms with E-state index in [4.69, 9.17) is 0 Å². The number of thiazole rings is 1. The maximum atomic E-state index is 12.2. The molecule has 22 heavy (non-hydrogen) atoms. The molecule has 0 unspecified atom stereocenters. The maximum absolute atomic E-state index is 12.2. The summed E-state index contributed by atoms with van der Waals surface area (Å²) in [6.45, 7) is 0.971. The summed E-state index contributed by atoms with van der Waals surface area (Å²) in [7, 11) is 0. The Kier molecular flexibility index (Phi) is 4.04. The van der Waals surface area contributed by atoms with Gasteiger partial charge in [-0.25, -0.2) is 4.98 Å². The number of halogens is 3. The number of imidazole rings is 1. The Labute approximate surface area is 128 Å². The van der Waals surface area contributed by atoms with Crippen molar-refractivity contribution in [2.75, 3.05) is 0 Å². The van der Waals surface area contributed by atoms with Crippen LogP contribution in [-0.4, -0.2) is 15.7 Å². The van der Waals surface area contributed by atoms with E-state index in [-0.39, 0.29) is 5.75 Å². The van der Waals surface area contributed by atoms with Gasteiger partial charge in [-0.2, -0.15) is 0 Å². The minimum atomic E-state index is -4.67. The highest BCUT2D eigenvalue weighted by Gasteiger charge is 2.31. The summed E-state index contributed by atoms with van der Waals surface area (Å²) in [6, 6.07) is 5.92. The van der Waals surface area contributed by atoms with Crippen LogP contribution in [0.2, 0.25) is 0 Å². The summed E-state index contributed by atoms with van der Waals surface area (Å²) < 4.78 is 42.3. The average molecular weight is 327 g/mol. The monoisotopic (exact) mass is 327 g/mol. The van der Waals surface area contributed by atoms with Gasteiger partial charge in [0.05, 0.1) is 5.69 Å². The van der Waals surface area contributed by atoms with E-state index in [1.54, 1.807) is 17.4 Å². The Bertz CT molecular complexity index is 737. The van der Waals surface area contributed by atoms with Crippen molar-refractivity contribution in [1.29, 1.82) is 0 Å².